The molecule has 0 N–H and O–H groups in total. The lowest BCUT2D eigenvalue weighted by Gasteiger charge is -2.13. The molecule has 122 valence electrons. The van der Waals surface area contributed by atoms with Gasteiger partial charge in [0.1, 0.15) is 0 Å². The molecule has 0 aliphatic rings. The number of rotatable bonds is 2. The quantitative estimate of drug-likeness (QED) is 0.472. The van der Waals surface area contributed by atoms with E-state index in [0.29, 0.717) is 0 Å². The maximum absolute atomic E-state index is 12.5. The second-order valence-electron chi connectivity index (χ2n) is 4.45. The Labute approximate surface area is 127 Å². The Bertz CT molecular complexity index is 1000. The Morgan fingerprint density at radius 2 is 1.96 bits per heavy atom. The fourth-order valence-corrected chi connectivity index (χ4v) is 2.35. The SMILES string of the molecule is [C-]#[N+]c1ccc2c(n1)c(OS(=O)(=O)C(F)(F)F)c(C)c(=O)n2C. The number of halogens is 3. The van der Waals surface area contributed by atoms with Crippen molar-refractivity contribution >= 4 is 27.0 Å². The topological polar surface area (TPSA) is 82.6 Å². The van der Waals surface area contributed by atoms with Gasteiger partial charge in [0.05, 0.1) is 11.1 Å². The van der Waals surface area contributed by atoms with Crippen LogP contribution in [0.4, 0.5) is 19.0 Å². The zero-order valence-corrected chi connectivity index (χ0v) is 12.5. The zero-order valence-electron chi connectivity index (χ0n) is 11.7. The van der Waals surface area contributed by atoms with Crippen molar-refractivity contribution in [1.82, 2.24) is 9.55 Å². The number of fused-ring (bicyclic) bond motifs is 1. The van der Waals surface area contributed by atoms with Gasteiger partial charge in [0.25, 0.3) is 11.4 Å². The molecule has 0 spiro atoms. The van der Waals surface area contributed by atoms with E-state index in [1.165, 1.54) is 19.2 Å². The van der Waals surface area contributed by atoms with E-state index in [4.69, 9.17) is 6.57 Å². The van der Waals surface area contributed by atoms with Gasteiger partial charge in [-0.25, -0.2) is 0 Å². The molecule has 11 heteroatoms. The van der Waals surface area contributed by atoms with Crippen LogP contribution in [0.2, 0.25) is 0 Å². The van der Waals surface area contributed by atoms with Crippen LogP contribution in [-0.4, -0.2) is 23.5 Å². The first kappa shape index (κ1) is 16.8. The molecule has 7 nitrogen and oxygen atoms in total. The fourth-order valence-electron chi connectivity index (χ4n) is 1.84. The number of hydrogen-bond acceptors (Lipinski definition) is 5. The van der Waals surface area contributed by atoms with Crippen LogP contribution in [0, 0.1) is 13.5 Å². The van der Waals surface area contributed by atoms with Gasteiger partial charge >= 0.3 is 15.6 Å². The first-order chi connectivity index (χ1) is 10.5. The van der Waals surface area contributed by atoms with E-state index in [0.717, 1.165) is 11.5 Å². The van der Waals surface area contributed by atoms with Crippen molar-refractivity contribution in [2.75, 3.05) is 0 Å². The third-order valence-corrected chi connectivity index (χ3v) is 3.95. The second-order valence-corrected chi connectivity index (χ2v) is 5.99. The van der Waals surface area contributed by atoms with E-state index < -0.39 is 26.9 Å². The minimum Gasteiger partial charge on any atom is -0.371 e. The van der Waals surface area contributed by atoms with Crippen LogP contribution >= 0.6 is 0 Å². The van der Waals surface area contributed by atoms with E-state index in [9.17, 15) is 26.4 Å². The fraction of sp³-hybridized carbons (Fsp3) is 0.250. The summed E-state index contributed by atoms with van der Waals surface area (Å²) in [5, 5.41) is 0. The molecule has 0 saturated carbocycles. The number of nitrogens with zero attached hydrogens (tertiary/aromatic N) is 3. The average molecular weight is 347 g/mol. The van der Waals surface area contributed by atoms with Crippen LogP contribution < -0.4 is 9.74 Å². The highest BCUT2D eigenvalue weighted by molar-refractivity contribution is 7.88. The highest BCUT2D eigenvalue weighted by Crippen LogP contribution is 2.32. The maximum atomic E-state index is 12.5. The van der Waals surface area contributed by atoms with E-state index in [1.54, 1.807) is 0 Å². The molecule has 0 radical (unpaired) electrons. The van der Waals surface area contributed by atoms with Crippen LogP contribution in [-0.2, 0) is 17.2 Å². The van der Waals surface area contributed by atoms with Gasteiger partial charge in [-0.3, -0.25) is 4.79 Å². The molecule has 0 fully saturated rings. The van der Waals surface area contributed by atoms with Gasteiger partial charge < -0.3 is 13.6 Å². The monoisotopic (exact) mass is 347 g/mol. The third kappa shape index (κ3) is 2.72. The molecule has 2 heterocycles. The van der Waals surface area contributed by atoms with Gasteiger partial charge in [0.15, 0.2) is 0 Å². The molecule has 0 aliphatic carbocycles. The molecule has 2 aromatic rings. The maximum Gasteiger partial charge on any atom is 0.534 e. The normalized spacial score (nSPS) is 12.2. The Balaban J connectivity index is 2.88. The van der Waals surface area contributed by atoms with Gasteiger partial charge in [-0.05, 0) is 19.1 Å². The number of hydrogen-bond donors (Lipinski definition) is 0. The Hall–Kier alpha value is -2.61. The van der Waals surface area contributed by atoms with Crippen molar-refractivity contribution in [3.8, 4) is 5.75 Å². The summed E-state index contributed by atoms with van der Waals surface area (Å²) >= 11 is 0. The summed E-state index contributed by atoms with van der Waals surface area (Å²) in [6, 6.07) is 2.51. The highest BCUT2D eigenvalue weighted by atomic mass is 32.2. The first-order valence-corrected chi connectivity index (χ1v) is 7.29. The lowest BCUT2D eigenvalue weighted by atomic mass is 10.2. The molecule has 0 unspecified atom stereocenters. The molecule has 23 heavy (non-hydrogen) atoms. The van der Waals surface area contributed by atoms with Crippen LogP contribution in [0.15, 0.2) is 16.9 Å². The van der Waals surface area contributed by atoms with Crippen molar-refractivity contribution in [3.63, 3.8) is 0 Å². The largest absolute Gasteiger partial charge is 0.534 e. The van der Waals surface area contributed by atoms with Crippen molar-refractivity contribution in [1.29, 1.82) is 0 Å². The van der Waals surface area contributed by atoms with Crippen LogP contribution in [0.3, 0.4) is 0 Å². The lowest BCUT2D eigenvalue weighted by Crippen LogP contribution is -2.30. The summed E-state index contributed by atoms with van der Waals surface area (Å²) in [7, 11) is -4.65. The molecule has 0 atom stereocenters. The molecule has 2 aromatic heterocycles. The summed E-state index contributed by atoms with van der Waals surface area (Å²) in [6.45, 7) is 7.98. The average Bonchev–Trinajstić information content (AvgIpc) is 2.47. The molecule has 0 aliphatic heterocycles. The van der Waals surface area contributed by atoms with Gasteiger partial charge in [-0.2, -0.15) is 21.6 Å². The number of alkyl halides is 3. The summed E-state index contributed by atoms with van der Waals surface area (Å²) in [5.41, 5.74) is -7.08. The van der Waals surface area contributed by atoms with Gasteiger partial charge in [0, 0.05) is 7.05 Å². The number of pyridine rings is 2. The van der Waals surface area contributed by atoms with Crippen molar-refractivity contribution in [2.45, 2.75) is 12.4 Å². The first-order valence-electron chi connectivity index (χ1n) is 5.88. The smallest absolute Gasteiger partial charge is 0.371 e. The molecule has 0 bridgehead atoms. The van der Waals surface area contributed by atoms with Crippen LogP contribution in [0.1, 0.15) is 5.56 Å². The summed E-state index contributed by atoms with van der Waals surface area (Å²) in [6.07, 6.45) is 0. The minimum atomic E-state index is -5.98. The molecule has 0 saturated heterocycles. The van der Waals surface area contributed by atoms with Gasteiger partial charge in [0.2, 0.25) is 11.3 Å². The van der Waals surface area contributed by atoms with E-state index in [1.807, 2.05) is 0 Å². The van der Waals surface area contributed by atoms with Crippen molar-refractivity contribution in [3.05, 3.63) is 39.5 Å². The standard InChI is InChI=1S/C12H8F3N3O4S/c1-6-10(22-23(20,21)12(13,14)15)9-7(18(3)11(6)19)4-5-8(16-2)17-9/h4-5H,1,3H3. The second kappa shape index (κ2) is 5.24. The van der Waals surface area contributed by atoms with Crippen LogP contribution in [0.5, 0.6) is 5.75 Å². The van der Waals surface area contributed by atoms with Crippen LogP contribution in [0.25, 0.3) is 15.9 Å². The highest BCUT2D eigenvalue weighted by Gasteiger charge is 2.49. The van der Waals surface area contributed by atoms with Gasteiger partial charge in [-0.15, -0.1) is 4.98 Å². The molecular formula is C12H8F3N3O4S. The minimum absolute atomic E-state index is 0.0281. The van der Waals surface area contributed by atoms with E-state index >= 15 is 0 Å². The molecule has 0 amide bonds. The summed E-state index contributed by atoms with van der Waals surface area (Å²) in [5.74, 6) is -1.03. The van der Waals surface area contributed by atoms with Crippen molar-refractivity contribution < 1.29 is 25.8 Å². The van der Waals surface area contributed by atoms with E-state index in [2.05, 4.69) is 14.0 Å². The molecule has 0 aromatic carbocycles. The van der Waals surface area contributed by atoms with Gasteiger partial charge in [-0.1, -0.05) is 6.57 Å². The predicted molar refractivity (Wildman–Crippen MR) is 73.6 cm³/mol. The molecular weight excluding hydrogens is 339 g/mol. The van der Waals surface area contributed by atoms with E-state index in [-0.39, 0.29) is 22.4 Å². The predicted octanol–water partition coefficient (Wildman–Crippen LogP) is 2.02. The Kier molecular flexibility index (Phi) is 3.81. The Morgan fingerprint density at radius 3 is 2.48 bits per heavy atom. The number of aromatic nitrogens is 2. The zero-order chi connectivity index (χ0) is 17.6. The number of aryl methyl sites for hydroxylation is 1. The third-order valence-electron chi connectivity index (χ3n) is 2.99. The summed E-state index contributed by atoms with van der Waals surface area (Å²) in [4.78, 5) is 18.8. The summed E-state index contributed by atoms with van der Waals surface area (Å²) < 4.78 is 65.2. The molecule has 2 rings (SSSR count). The lowest BCUT2D eigenvalue weighted by molar-refractivity contribution is -0.0499. The van der Waals surface area contributed by atoms with Crippen molar-refractivity contribution in [2.24, 2.45) is 7.05 Å². The Morgan fingerprint density at radius 1 is 1.35 bits per heavy atom.